The Morgan fingerprint density at radius 3 is 3.06 bits per heavy atom. The number of hydrogen-bond donors (Lipinski definition) is 1. The van der Waals surface area contributed by atoms with Gasteiger partial charge in [0.15, 0.2) is 0 Å². The molecule has 98 valence electrons. The second-order valence-corrected chi connectivity index (χ2v) is 4.86. The van der Waals surface area contributed by atoms with E-state index in [-0.39, 0.29) is 0 Å². The van der Waals surface area contributed by atoms with E-state index in [1.54, 1.807) is 0 Å². The van der Waals surface area contributed by atoms with E-state index in [0.717, 1.165) is 31.4 Å². The summed E-state index contributed by atoms with van der Waals surface area (Å²) in [4.78, 5) is 0. The minimum absolute atomic E-state index is 0.727. The van der Waals surface area contributed by atoms with Crippen LogP contribution < -0.4 is 10.1 Å². The van der Waals surface area contributed by atoms with Crippen molar-refractivity contribution < 1.29 is 4.74 Å². The maximum Gasteiger partial charge on any atom is 0.119 e. The van der Waals surface area contributed by atoms with Crippen molar-refractivity contribution in [1.82, 2.24) is 5.32 Å². The van der Waals surface area contributed by atoms with Crippen LogP contribution in [0.15, 0.2) is 36.4 Å². The lowest BCUT2D eigenvalue weighted by Crippen LogP contribution is -2.23. The second kappa shape index (κ2) is 7.22. The number of nitrogens with one attached hydrogen (secondary N) is 1. The predicted molar refractivity (Wildman–Crippen MR) is 75.8 cm³/mol. The van der Waals surface area contributed by atoms with Gasteiger partial charge in [0.05, 0.1) is 6.61 Å². The largest absolute Gasteiger partial charge is 0.494 e. The van der Waals surface area contributed by atoms with E-state index < -0.39 is 0 Å². The van der Waals surface area contributed by atoms with Crippen LogP contribution in [-0.2, 0) is 6.54 Å². The normalized spacial score (nSPS) is 18.8. The van der Waals surface area contributed by atoms with E-state index in [1.807, 2.05) is 13.0 Å². The molecule has 1 N–H and O–H groups in total. The highest BCUT2D eigenvalue weighted by Gasteiger charge is 2.08. The molecule has 1 aromatic rings. The fraction of sp³-hybridized carbons (Fsp3) is 0.500. The zero-order chi connectivity index (χ0) is 12.6. The summed E-state index contributed by atoms with van der Waals surface area (Å²) in [5.74, 6) is 1.78. The summed E-state index contributed by atoms with van der Waals surface area (Å²) < 4.78 is 5.51. The third-order valence-corrected chi connectivity index (χ3v) is 3.35. The molecule has 0 aromatic heterocycles. The van der Waals surface area contributed by atoms with E-state index >= 15 is 0 Å². The van der Waals surface area contributed by atoms with Gasteiger partial charge in [-0.3, -0.25) is 0 Å². The first-order chi connectivity index (χ1) is 8.88. The molecule has 0 amide bonds. The quantitative estimate of drug-likeness (QED) is 0.774. The molecule has 1 aliphatic carbocycles. The van der Waals surface area contributed by atoms with E-state index in [0.29, 0.717) is 0 Å². The maximum absolute atomic E-state index is 5.51. The summed E-state index contributed by atoms with van der Waals surface area (Å²) in [5, 5.41) is 3.55. The number of benzene rings is 1. The van der Waals surface area contributed by atoms with Gasteiger partial charge in [-0.15, -0.1) is 0 Å². The maximum atomic E-state index is 5.51. The second-order valence-electron chi connectivity index (χ2n) is 4.86. The molecule has 1 unspecified atom stereocenters. The van der Waals surface area contributed by atoms with E-state index in [1.165, 1.54) is 24.8 Å². The van der Waals surface area contributed by atoms with Gasteiger partial charge in [-0.25, -0.2) is 0 Å². The average molecular weight is 245 g/mol. The van der Waals surface area contributed by atoms with Crippen LogP contribution in [0.3, 0.4) is 0 Å². The molecule has 0 saturated carbocycles. The Hall–Kier alpha value is -1.28. The lowest BCUT2D eigenvalue weighted by molar-refractivity contribution is 0.339. The van der Waals surface area contributed by atoms with Crippen LogP contribution in [0, 0.1) is 5.92 Å². The van der Waals surface area contributed by atoms with Crippen molar-refractivity contribution in [3.05, 3.63) is 42.0 Å². The topological polar surface area (TPSA) is 21.3 Å². The fourth-order valence-electron chi connectivity index (χ4n) is 2.37. The molecule has 0 radical (unpaired) electrons. The minimum atomic E-state index is 0.727. The van der Waals surface area contributed by atoms with Crippen molar-refractivity contribution in [3.8, 4) is 5.75 Å². The Kier molecular flexibility index (Phi) is 5.28. The number of rotatable bonds is 6. The van der Waals surface area contributed by atoms with Gasteiger partial charge >= 0.3 is 0 Å². The van der Waals surface area contributed by atoms with Crippen molar-refractivity contribution in [2.24, 2.45) is 5.92 Å². The minimum Gasteiger partial charge on any atom is -0.494 e. The summed E-state index contributed by atoms with van der Waals surface area (Å²) in [5.41, 5.74) is 1.30. The van der Waals surface area contributed by atoms with Crippen LogP contribution in [0.4, 0.5) is 0 Å². The lowest BCUT2D eigenvalue weighted by Gasteiger charge is -2.18. The molecule has 2 heteroatoms. The summed E-state index contributed by atoms with van der Waals surface area (Å²) in [6, 6.07) is 8.35. The van der Waals surface area contributed by atoms with Crippen LogP contribution in [-0.4, -0.2) is 13.2 Å². The van der Waals surface area contributed by atoms with Gasteiger partial charge in [-0.2, -0.15) is 0 Å². The standard InChI is InChI=1S/C16H23NO/c1-2-18-16-10-6-9-15(11-16)13-17-12-14-7-4-3-5-8-14/h3-4,6,9-11,14,17H,2,5,7-8,12-13H2,1H3. The monoisotopic (exact) mass is 245 g/mol. The number of ether oxygens (including phenoxy) is 1. The van der Waals surface area contributed by atoms with Gasteiger partial charge in [0.25, 0.3) is 0 Å². The van der Waals surface area contributed by atoms with Crippen LogP contribution in [0.2, 0.25) is 0 Å². The molecule has 18 heavy (non-hydrogen) atoms. The number of hydrogen-bond acceptors (Lipinski definition) is 2. The summed E-state index contributed by atoms with van der Waals surface area (Å²) in [6.07, 6.45) is 8.40. The SMILES string of the molecule is CCOc1cccc(CNCC2CC=CCC2)c1. The molecular weight excluding hydrogens is 222 g/mol. The molecule has 0 fully saturated rings. The molecule has 2 rings (SSSR count). The summed E-state index contributed by atoms with van der Waals surface area (Å²) in [6.45, 7) is 4.79. The van der Waals surface area contributed by atoms with E-state index in [4.69, 9.17) is 4.74 Å². The predicted octanol–water partition coefficient (Wildman–Crippen LogP) is 3.53. The highest BCUT2D eigenvalue weighted by molar-refractivity contribution is 5.28. The first-order valence-corrected chi connectivity index (χ1v) is 6.96. The molecule has 1 aliphatic rings. The van der Waals surface area contributed by atoms with Gasteiger partial charge < -0.3 is 10.1 Å². The van der Waals surface area contributed by atoms with Gasteiger partial charge in [0, 0.05) is 6.54 Å². The Balaban J connectivity index is 1.75. The van der Waals surface area contributed by atoms with Crippen LogP contribution in [0.1, 0.15) is 31.7 Å². The van der Waals surface area contributed by atoms with Crippen molar-refractivity contribution in [3.63, 3.8) is 0 Å². The number of allylic oxidation sites excluding steroid dienone is 2. The Bertz CT molecular complexity index is 386. The molecule has 0 heterocycles. The molecule has 1 atom stereocenters. The molecule has 2 nitrogen and oxygen atoms in total. The Labute approximate surface area is 110 Å². The molecule has 0 aliphatic heterocycles. The first-order valence-electron chi connectivity index (χ1n) is 6.96. The third-order valence-electron chi connectivity index (χ3n) is 3.35. The molecule has 1 aromatic carbocycles. The average Bonchev–Trinajstić information content (AvgIpc) is 2.41. The smallest absolute Gasteiger partial charge is 0.119 e. The van der Waals surface area contributed by atoms with Crippen molar-refractivity contribution in [2.75, 3.05) is 13.2 Å². The van der Waals surface area contributed by atoms with Gasteiger partial charge in [-0.05, 0) is 56.3 Å². The third kappa shape index (κ3) is 4.19. The lowest BCUT2D eigenvalue weighted by atomic mass is 9.94. The molecule has 0 bridgehead atoms. The van der Waals surface area contributed by atoms with Crippen molar-refractivity contribution >= 4 is 0 Å². The Morgan fingerprint density at radius 1 is 1.33 bits per heavy atom. The van der Waals surface area contributed by atoms with E-state index in [9.17, 15) is 0 Å². The van der Waals surface area contributed by atoms with Crippen molar-refractivity contribution in [1.29, 1.82) is 0 Å². The summed E-state index contributed by atoms with van der Waals surface area (Å²) in [7, 11) is 0. The van der Waals surface area contributed by atoms with Crippen LogP contribution >= 0.6 is 0 Å². The molecule has 0 spiro atoms. The van der Waals surface area contributed by atoms with Crippen LogP contribution in [0.5, 0.6) is 5.75 Å². The Morgan fingerprint density at radius 2 is 2.28 bits per heavy atom. The molecular formula is C16H23NO. The highest BCUT2D eigenvalue weighted by atomic mass is 16.5. The first kappa shape index (κ1) is 13.2. The highest BCUT2D eigenvalue weighted by Crippen LogP contribution is 2.17. The molecule has 0 saturated heterocycles. The van der Waals surface area contributed by atoms with Gasteiger partial charge in [-0.1, -0.05) is 24.3 Å². The zero-order valence-electron chi connectivity index (χ0n) is 11.2. The van der Waals surface area contributed by atoms with Crippen LogP contribution in [0.25, 0.3) is 0 Å². The fourth-order valence-corrected chi connectivity index (χ4v) is 2.37. The van der Waals surface area contributed by atoms with Gasteiger partial charge in [0.2, 0.25) is 0 Å². The zero-order valence-corrected chi connectivity index (χ0v) is 11.2. The van der Waals surface area contributed by atoms with Gasteiger partial charge in [0.1, 0.15) is 5.75 Å². The summed E-state index contributed by atoms with van der Waals surface area (Å²) >= 11 is 0. The van der Waals surface area contributed by atoms with Crippen molar-refractivity contribution in [2.45, 2.75) is 32.7 Å². The van der Waals surface area contributed by atoms with E-state index in [2.05, 4.69) is 35.7 Å².